The number of carbonyl (C=O) groups is 3. The summed E-state index contributed by atoms with van der Waals surface area (Å²) in [5, 5.41) is 0. The molecule has 1 unspecified atom stereocenters. The predicted octanol–water partition coefficient (Wildman–Crippen LogP) is 3.78. The van der Waals surface area contributed by atoms with Gasteiger partial charge in [-0.3, -0.25) is 14.4 Å². The second-order valence-electron chi connectivity index (χ2n) is 10.6. The molecule has 0 aromatic heterocycles. The molecule has 160 valence electrons. The lowest BCUT2D eigenvalue weighted by Gasteiger charge is -2.58. The molecule has 0 aromatic rings. The summed E-state index contributed by atoms with van der Waals surface area (Å²) in [7, 11) is 0. The van der Waals surface area contributed by atoms with Crippen LogP contribution < -0.4 is 5.73 Å². The zero-order valence-electron chi connectivity index (χ0n) is 17.9. The number of allylic oxidation sites excluding steroid dienone is 1. The van der Waals surface area contributed by atoms with Gasteiger partial charge in [-0.2, -0.15) is 12.6 Å². The van der Waals surface area contributed by atoms with E-state index < -0.39 is 6.04 Å². The summed E-state index contributed by atoms with van der Waals surface area (Å²) in [6, 6.07) is -0.590. The van der Waals surface area contributed by atoms with Gasteiger partial charge in [-0.1, -0.05) is 19.4 Å². The summed E-state index contributed by atoms with van der Waals surface area (Å²) in [6.45, 7) is 6.28. The van der Waals surface area contributed by atoms with E-state index in [1.165, 1.54) is 5.57 Å². The maximum atomic E-state index is 13.1. The van der Waals surface area contributed by atoms with Crippen LogP contribution in [0.3, 0.4) is 0 Å². The first kappa shape index (κ1) is 21.3. The molecule has 2 N–H and O–H groups in total. The number of Topliss-reactive ketones (excluding diaryl/α,β-unsaturated/α-hetero) is 2. The Bertz CT molecular complexity index is 776. The molecule has 0 radical (unpaired) electrons. The molecule has 29 heavy (non-hydrogen) atoms. The van der Waals surface area contributed by atoms with Crippen molar-refractivity contribution in [1.29, 1.82) is 0 Å². The van der Waals surface area contributed by atoms with Gasteiger partial charge in [-0.05, 0) is 80.1 Å². The SMILES string of the molecule is CC(=O)[C@H]1C(C(=O)[C@H](N)CS)C[C@H]2[C@@H]3CCC4=CC(=O)CC[C@]4(C)[C@H]3CC[C@]12C. The van der Waals surface area contributed by atoms with Gasteiger partial charge in [0.25, 0.3) is 0 Å². The first-order valence-corrected chi connectivity index (χ1v) is 11.9. The van der Waals surface area contributed by atoms with Crippen LogP contribution in [0.15, 0.2) is 11.6 Å². The van der Waals surface area contributed by atoms with Gasteiger partial charge in [-0.15, -0.1) is 0 Å². The second-order valence-corrected chi connectivity index (χ2v) is 11.0. The van der Waals surface area contributed by atoms with Crippen LogP contribution in [0.5, 0.6) is 0 Å². The van der Waals surface area contributed by atoms with Gasteiger partial charge in [-0.25, -0.2) is 0 Å². The average molecular weight is 418 g/mol. The van der Waals surface area contributed by atoms with Gasteiger partial charge in [0.1, 0.15) is 5.78 Å². The summed E-state index contributed by atoms with van der Waals surface area (Å²) in [4.78, 5) is 37.9. The van der Waals surface area contributed by atoms with E-state index in [-0.39, 0.29) is 40.0 Å². The molecule has 4 nitrogen and oxygen atoms in total. The number of nitrogens with two attached hydrogens (primary N) is 1. The average Bonchev–Trinajstić information content (AvgIpc) is 3.00. The fourth-order valence-electron chi connectivity index (χ4n) is 8.00. The number of thiol groups is 1. The number of ketones is 3. The van der Waals surface area contributed by atoms with Crippen molar-refractivity contribution in [2.24, 2.45) is 46.2 Å². The fourth-order valence-corrected chi connectivity index (χ4v) is 8.18. The molecule has 3 saturated carbocycles. The largest absolute Gasteiger partial charge is 0.321 e. The Morgan fingerprint density at radius 2 is 1.93 bits per heavy atom. The van der Waals surface area contributed by atoms with Crippen LogP contribution in [0.25, 0.3) is 0 Å². The minimum atomic E-state index is -0.590. The normalized spacial score (nSPS) is 44.9. The molecule has 5 heteroatoms. The Labute approximate surface area is 179 Å². The Hall–Kier alpha value is -0.940. The van der Waals surface area contributed by atoms with Crippen LogP contribution in [0, 0.1) is 40.4 Å². The monoisotopic (exact) mass is 417 g/mol. The molecular weight excluding hydrogens is 382 g/mol. The molecule has 0 saturated heterocycles. The minimum absolute atomic E-state index is 0.0262. The van der Waals surface area contributed by atoms with Crippen LogP contribution in [-0.4, -0.2) is 29.1 Å². The van der Waals surface area contributed by atoms with Crippen molar-refractivity contribution < 1.29 is 14.4 Å². The number of carbonyl (C=O) groups excluding carboxylic acids is 3. The molecule has 0 amide bonds. The van der Waals surface area contributed by atoms with E-state index in [0.29, 0.717) is 29.9 Å². The molecule has 4 rings (SSSR count). The topological polar surface area (TPSA) is 77.2 Å². The van der Waals surface area contributed by atoms with Crippen LogP contribution in [0.4, 0.5) is 0 Å². The van der Waals surface area contributed by atoms with E-state index in [1.54, 1.807) is 6.92 Å². The third-order valence-electron chi connectivity index (χ3n) is 9.39. The van der Waals surface area contributed by atoms with Gasteiger partial charge >= 0.3 is 0 Å². The van der Waals surface area contributed by atoms with E-state index in [1.807, 2.05) is 6.08 Å². The Balaban J connectivity index is 1.69. The van der Waals surface area contributed by atoms with E-state index in [0.717, 1.165) is 38.5 Å². The quantitative estimate of drug-likeness (QED) is 0.683. The fraction of sp³-hybridized carbons (Fsp3) is 0.792. The van der Waals surface area contributed by atoms with Crippen molar-refractivity contribution in [2.75, 3.05) is 5.75 Å². The highest BCUT2D eigenvalue weighted by molar-refractivity contribution is 7.80. The lowest BCUT2D eigenvalue weighted by atomic mass is 9.46. The predicted molar refractivity (Wildman–Crippen MR) is 117 cm³/mol. The number of rotatable bonds is 4. The molecule has 0 aromatic carbocycles. The summed E-state index contributed by atoms with van der Waals surface area (Å²) >= 11 is 4.23. The van der Waals surface area contributed by atoms with Crippen molar-refractivity contribution in [3.63, 3.8) is 0 Å². The second kappa shape index (κ2) is 7.33. The van der Waals surface area contributed by atoms with Gasteiger partial charge in [0, 0.05) is 24.0 Å². The lowest BCUT2D eigenvalue weighted by Crippen LogP contribution is -2.51. The van der Waals surface area contributed by atoms with Gasteiger partial charge in [0.15, 0.2) is 11.6 Å². The summed E-state index contributed by atoms with van der Waals surface area (Å²) in [5.74, 6) is 1.75. The Morgan fingerprint density at radius 1 is 1.21 bits per heavy atom. The van der Waals surface area contributed by atoms with Gasteiger partial charge in [0.05, 0.1) is 6.04 Å². The zero-order valence-corrected chi connectivity index (χ0v) is 18.8. The van der Waals surface area contributed by atoms with Crippen LogP contribution in [0.2, 0.25) is 0 Å². The van der Waals surface area contributed by atoms with E-state index in [4.69, 9.17) is 5.73 Å². The number of hydrogen-bond acceptors (Lipinski definition) is 5. The summed E-state index contributed by atoms with van der Waals surface area (Å²) in [6.07, 6.45) is 8.45. The highest BCUT2D eigenvalue weighted by Gasteiger charge is 2.63. The number of fused-ring (bicyclic) bond motifs is 5. The van der Waals surface area contributed by atoms with Crippen LogP contribution in [0.1, 0.15) is 65.7 Å². The summed E-state index contributed by atoms with van der Waals surface area (Å²) < 4.78 is 0. The third-order valence-corrected chi connectivity index (χ3v) is 9.78. The lowest BCUT2D eigenvalue weighted by molar-refractivity contribution is -0.135. The maximum absolute atomic E-state index is 13.1. The molecule has 0 bridgehead atoms. The Kier molecular flexibility index (Phi) is 5.39. The molecule has 0 aliphatic heterocycles. The van der Waals surface area contributed by atoms with Crippen molar-refractivity contribution in [3.8, 4) is 0 Å². The summed E-state index contributed by atoms with van der Waals surface area (Å²) in [5.41, 5.74) is 7.40. The Morgan fingerprint density at radius 3 is 2.59 bits per heavy atom. The van der Waals surface area contributed by atoms with Crippen molar-refractivity contribution in [1.82, 2.24) is 0 Å². The minimum Gasteiger partial charge on any atom is -0.321 e. The zero-order chi connectivity index (χ0) is 21.1. The van der Waals surface area contributed by atoms with Crippen molar-refractivity contribution in [2.45, 2.75) is 71.8 Å². The van der Waals surface area contributed by atoms with Crippen LogP contribution >= 0.6 is 12.6 Å². The van der Waals surface area contributed by atoms with E-state index >= 15 is 0 Å². The molecule has 0 heterocycles. The molecule has 0 spiro atoms. The third kappa shape index (κ3) is 3.10. The highest BCUT2D eigenvalue weighted by atomic mass is 32.1. The molecule has 4 aliphatic carbocycles. The number of hydrogen-bond donors (Lipinski definition) is 2. The van der Waals surface area contributed by atoms with Gasteiger partial charge < -0.3 is 5.73 Å². The van der Waals surface area contributed by atoms with E-state index in [9.17, 15) is 14.4 Å². The molecule has 4 aliphatic rings. The first-order chi connectivity index (χ1) is 13.6. The van der Waals surface area contributed by atoms with Gasteiger partial charge in [0.2, 0.25) is 0 Å². The van der Waals surface area contributed by atoms with Crippen molar-refractivity contribution in [3.05, 3.63) is 11.6 Å². The standard InChI is InChI=1S/C24H35NO3S/c1-13(26)21-17(22(28)20(25)12-29)11-19-16-5-4-14-10-15(27)6-8-23(14,2)18(16)7-9-24(19,21)3/h10,16-21,29H,4-9,11-12,25H2,1-3H3/t16-,17?,18+,19+,20-,21+,23+,24+/m1/s1. The molecule has 3 fully saturated rings. The first-order valence-electron chi connectivity index (χ1n) is 11.3. The highest BCUT2D eigenvalue weighted by Crippen LogP contribution is 2.67. The smallest absolute Gasteiger partial charge is 0.155 e. The van der Waals surface area contributed by atoms with Crippen LogP contribution in [-0.2, 0) is 14.4 Å². The van der Waals surface area contributed by atoms with E-state index in [2.05, 4.69) is 26.5 Å². The molecular formula is C24H35NO3S. The molecule has 8 atom stereocenters. The van der Waals surface area contributed by atoms with Crippen molar-refractivity contribution >= 4 is 30.0 Å². The maximum Gasteiger partial charge on any atom is 0.155 e.